The molecule has 0 saturated carbocycles. The second-order valence-corrected chi connectivity index (χ2v) is 6.19. The molecule has 23 heavy (non-hydrogen) atoms. The van der Waals surface area contributed by atoms with E-state index in [1.807, 2.05) is 6.07 Å². The minimum atomic E-state index is 0.631. The lowest BCUT2D eigenvalue weighted by atomic mass is 9.92. The first-order chi connectivity index (χ1) is 11.4. The smallest absolute Gasteiger partial charge is 0.0716 e. The minimum absolute atomic E-state index is 0.631. The molecule has 1 atom stereocenters. The third-order valence-electron chi connectivity index (χ3n) is 4.42. The molecule has 0 fully saturated rings. The van der Waals surface area contributed by atoms with Crippen LogP contribution in [0.2, 0.25) is 0 Å². The molecule has 0 amide bonds. The fraction of sp³-hybridized carbons (Fsp3) is 0.381. The summed E-state index contributed by atoms with van der Waals surface area (Å²) in [5.74, 6) is 0.631. The summed E-state index contributed by atoms with van der Waals surface area (Å²) in [6.07, 6.45) is 4.48. The van der Waals surface area contributed by atoms with Crippen molar-refractivity contribution in [2.45, 2.75) is 32.3 Å². The Balaban J connectivity index is 1.37. The van der Waals surface area contributed by atoms with E-state index in [0.29, 0.717) is 12.5 Å². The van der Waals surface area contributed by atoms with Gasteiger partial charge in [-0.2, -0.15) is 0 Å². The van der Waals surface area contributed by atoms with Crippen LogP contribution in [0.3, 0.4) is 0 Å². The fourth-order valence-corrected chi connectivity index (χ4v) is 3.18. The summed E-state index contributed by atoms with van der Waals surface area (Å²) in [6.45, 7) is 2.52. The quantitative estimate of drug-likeness (QED) is 0.648. The third-order valence-corrected chi connectivity index (χ3v) is 4.42. The van der Waals surface area contributed by atoms with Crippen LogP contribution in [0.25, 0.3) is 0 Å². The zero-order valence-electron chi connectivity index (χ0n) is 13.7. The van der Waals surface area contributed by atoms with E-state index in [0.717, 1.165) is 32.4 Å². The number of nitrogens with zero attached hydrogens (tertiary/aromatic N) is 1. The van der Waals surface area contributed by atoms with Gasteiger partial charge in [-0.1, -0.05) is 60.7 Å². The number of hydrogen-bond donors (Lipinski definition) is 0. The number of benzene rings is 2. The van der Waals surface area contributed by atoms with Gasteiger partial charge in [0.05, 0.1) is 6.61 Å². The van der Waals surface area contributed by atoms with Crippen molar-refractivity contribution in [3.63, 3.8) is 0 Å². The van der Waals surface area contributed by atoms with Crippen LogP contribution in [0.1, 0.15) is 30.4 Å². The number of ether oxygens (including phenoxy) is 1. The predicted molar refractivity (Wildman–Crippen MR) is 95.9 cm³/mol. The average Bonchev–Trinajstić information content (AvgIpc) is 3.03. The summed E-state index contributed by atoms with van der Waals surface area (Å²) >= 11 is 0. The van der Waals surface area contributed by atoms with Crippen molar-refractivity contribution in [1.82, 2.24) is 0 Å². The molecule has 2 nitrogen and oxygen atoms in total. The molecular weight excluding hydrogens is 282 g/mol. The van der Waals surface area contributed by atoms with Gasteiger partial charge in [-0.15, -0.1) is 0 Å². The summed E-state index contributed by atoms with van der Waals surface area (Å²) in [5, 5.41) is 0. The first kappa shape index (κ1) is 15.9. The molecule has 0 spiro atoms. The van der Waals surface area contributed by atoms with Gasteiger partial charge in [-0.25, -0.2) is 0 Å². The van der Waals surface area contributed by atoms with E-state index >= 15 is 0 Å². The zero-order chi connectivity index (χ0) is 15.7. The lowest BCUT2D eigenvalue weighted by Crippen LogP contribution is -2.13. The van der Waals surface area contributed by atoms with Crippen LogP contribution >= 0.6 is 0 Å². The van der Waals surface area contributed by atoms with E-state index in [4.69, 9.17) is 9.73 Å². The predicted octanol–water partition coefficient (Wildman–Crippen LogP) is 4.69. The molecule has 0 bridgehead atoms. The largest absolute Gasteiger partial charge is 0.377 e. The first-order valence-electron chi connectivity index (χ1n) is 8.60. The molecule has 1 aliphatic rings. The number of rotatable bonds is 8. The van der Waals surface area contributed by atoms with Crippen LogP contribution in [0, 0.1) is 5.92 Å². The van der Waals surface area contributed by atoms with Gasteiger partial charge in [0.2, 0.25) is 0 Å². The minimum Gasteiger partial charge on any atom is -0.377 e. The SMILES string of the molecule is c1ccc(COCCCC2=NCCC2Cc2ccccc2)cc1. The molecule has 2 heteroatoms. The molecular formula is C21H25NO. The molecule has 0 aromatic heterocycles. The van der Waals surface area contributed by atoms with E-state index in [1.165, 1.54) is 23.3 Å². The molecule has 2 aromatic rings. The van der Waals surface area contributed by atoms with Crippen LogP contribution in [0.5, 0.6) is 0 Å². The second-order valence-electron chi connectivity index (χ2n) is 6.19. The highest BCUT2D eigenvalue weighted by Gasteiger charge is 2.20. The maximum absolute atomic E-state index is 5.78. The topological polar surface area (TPSA) is 21.6 Å². The zero-order valence-corrected chi connectivity index (χ0v) is 13.7. The van der Waals surface area contributed by atoms with Gasteiger partial charge < -0.3 is 4.74 Å². The molecule has 120 valence electrons. The van der Waals surface area contributed by atoms with Crippen LogP contribution in [0.15, 0.2) is 65.7 Å². The maximum Gasteiger partial charge on any atom is 0.0716 e. The van der Waals surface area contributed by atoms with Crippen molar-refractivity contribution in [2.75, 3.05) is 13.2 Å². The summed E-state index contributed by atoms with van der Waals surface area (Å²) in [5.41, 5.74) is 4.07. The fourth-order valence-electron chi connectivity index (χ4n) is 3.18. The van der Waals surface area contributed by atoms with Crippen molar-refractivity contribution in [3.8, 4) is 0 Å². The standard InChI is InChI=1S/C21H25NO/c1-3-8-18(9-4-1)16-20-13-14-22-21(20)12-7-15-23-17-19-10-5-2-6-11-19/h1-6,8-11,20H,7,12-17H2. The van der Waals surface area contributed by atoms with Crippen LogP contribution in [0.4, 0.5) is 0 Å². The van der Waals surface area contributed by atoms with Crippen molar-refractivity contribution >= 4 is 5.71 Å². The molecule has 0 radical (unpaired) electrons. The highest BCUT2D eigenvalue weighted by atomic mass is 16.5. The molecule has 1 aliphatic heterocycles. The Hall–Kier alpha value is -1.93. The summed E-state index contributed by atoms with van der Waals surface area (Å²) in [4.78, 5) is 4.73. The monoisotopic (exact) mass is 307 g/mol. The van der Waals surface area contributed by atoms with Crippen LogP contribution < -0.4 is 0 Å². The molecule has 0 aliphatic carbocycles. The van der Waals surface area contributed by atoms with Gasteiger partial charge in [-0.3, -0.25) is 4.99 Å². The molecule has 3 rings (SSSR count). The Bertz CT molecular complexity index is 606. The van der Waals surface area contributed by atoms with E-state index in [9.17, 15) is 0 Å². The Labute approximate surface area is 139 Å². The van der Waals surface area contributed by atoms with E-state index in [1.54, 1.807) is 0 Å². The third kappa shape index (κ3) is 5.04. The van der Waals surface area contributed by atoms with Crippen molar-refractivity contribution in [1.29, 1.82) is 0 Å². The first-order valence-corrected chi connectivity index (χ1v) is 8.60. The lowest BCUT2D eigenvalue weighted by Gasteiger charge is -2.13. The van der Waals surface area contributed by atoms with E-state index in [2.05, 4.69) is 54.6 Å². The van der Waals surface area contributed by atoms with E-state index < -0.39 is 0 Å². The molecule has 0 N–H and O–H groups in total. The molecule has 1 unspecified atom stereocenters. The Morgan fingerprint density at radius 3 is 2.35 bits per heavy atom. The Morgan fingerprint density at radius 2 is 1.61 bits per heavy atom. The van der Waals surface area contributed by atoms with Crippen molar-refractivity contribution < 1.29 is 4.74 Å². The van der Waals surface area contributed by atoms with Gasteiger partial charge in [0, 0.05) is 24.8 Å². The Morgan fingerprint density at radius 1 is 0.913 bits per heavy atom. The highest BCUT2D eigenvalue weighted by Crippen LogP contribution is 2.22. The normalized spacial score (nSPS) is 17.2. The van der Waals surface area contributed by atoms with Gasteiger partial charge in [-0.05, 0) is 36.8 Å². The highest BCUT2D eigenvalue weighted by molar-refractivity contribution is 5.88. The van der Waals surface area contributed by atoms with Gasteiger partial charge in [0.15, 0.2) is 0 Å². The van der Waals surface area contributed by atoms with Gasteiger partial charge >= 0.3 is 0 Å². The van der Waals surface area contributed by atoms with E-state index in [-0.39, 0.29) is 0 Å². The van der Waals surface area contributed by atoms with Crippen LogP contribution in [-0.2, 0) is 17.8 Å². The molecule has 0 saturated heterocycles. The maximum atomic E-state index is 5.78. The van der Waals surface area contributed by atoms with Crippen LogP contribution in [-0.4, -0.2) is 18.9 Å². The summed E-state index contributed by atoms with van der Waals surface area (Å²) in [7, 11) is 0. The summed E-state index contributed by atoms with van der Waals surface area (Å²) < 4.78 is 5.78. The van der Waals surface area contributed by atoms with Gasteiger partial charge in [0.1, 0.15) is 0 Å². The Kier molecular flexibility index (Phi) is 5.99. The second kappa shape index (κ2) is 8.64. The van der Waals surface area contributed by atoms with Crippen molar-refractivity contribution in [3.05, 3.63) is 71.8 Å². The molecule has 1 heterocycles. The van der Waals surface area contributed by atoms with Gasteiger partial charge in [0.25, 0.3) is 0 Å². The number of hydrogen-bond acceptors (Lipinski definition) is 2. The van der Waals surface area contributed by atoms with Crippen molar-refractivity contribution in [2.24, 2.45) is 10.9 Å². The lowest BCUT2D eigenvalue weighted by molar-refractivity contribution is 0.119. The molecule has 2 aromatic carbocycles. The number of aliphatic imine (C=N–C) groups is 1. The summed E-state index contributed by atoms with van der Waals surface area (Å²) in [6, 6.07) is 21.1. The average molecular weight is 307 g/mol.